The van der Waals surface area contributed by atoms with Crippen LogP contribution in [0.5, 0.6) is 0 Å². The van der Waals surface area contributed by atoms with E-state index in [-0.39, 0.29) is 5.56 Å². The zero-order valence-electron chi connectivity index (χ0n) is 14.1. The van der Waals surface area contributed by atoms with Gasteiger partial charge in [-0.15, -0.1) is 0 Å². The highest BCUT2D eigenvalue weighted by Crippen LogP contribution is 2.27. The van der Waals surface area contributed by atoms with Crippen molar-refractivity contribution in [2.45, 2.75) is 0 Å². The van der Waals surface area contributed by atoms with E-state index < -0.39 is 27.1 Å². The molecular weight excluding hydrogens is 376 g/mol. The molecule has 0 N–H and O–H groups in total. The van der Waals surface area contributed by atoms with Crippen LogP contribution in [0, 0.1) is 20.2 Å². The number of nitro benzene ring substituents is 2. The predicted molar refractivity (Wildman–Crippen MR) is 99.3 cm³/mol. The maximum Gasteiger partial charge on any atom is 0.277 e. The van der Waals surface area contributed by atoms with E-state index in [2.05, 4.69) is 0 Å². The van der Waals surface area contributed by atoms with Crippen LogP contribution in [0.3, 0.4) is 0 Å². The summed E-state index contributed by atoms with van der Waals surface area (Å²) in [5, 5.41) is 22.6. The van der Waals surface area contributed by atoms with Crippen molar-refractivity contribution in [1.29, 1.82) is 0 Å². The van der Waals surface area contributed by atoms with Crippen LogP contribution < -0.4 is 4.90 Å². The first-order chi connectivity index (χ1) is 12.9. The molecule has 1 aliphatic heterocycles. The Morgan fingerprint density at radius 3 is 2.00 bits per heavy atom. The van der Waals surface area contributed by atoms with E-state index in [9.17, 15) is 25.0 Å². The van der Waals surface area contributed by atoms with Crippen molar-refractivity contribution in [3.8, 4) is 0 Å². The minimum Gasteiger partial charge on any atom is -0.367 e. The van der Waals surface area contributed by atoms with Crippen molar-refractivity contribution in [3.63, 3.8) is 0 Å². The number of para-hydroxylation sites is 1. The summed E-state index contributed by atoms with van der Waals surface area (Å²) in [7, 11) is 0. The average molecular weight is 391 g/mol. The molecule has 0 radical (unpaired) electrons. The number of amides is 1. The number of anilines is 1. The highest BCUT2D eigenvalue weighted by atomic mass is 35.5. The monoisotopic (exact) mass is 390 g/mol. The van der Waals surface area contributed by atoms with E-state index in [4.69, 9.17) is 11.6 Å². The SMILES string of the molecule is O=C(c1cc([N+](=O)[O-])cc([N+](=O)[O-])c1)N1CCN(c2ccccc2Cl)CC1. The highest BCUT2D eigenvalue weighted by molar-refractivity contribution is 6.33. The van der Waals surface area contributed by atoms with Crippen LogP contribution in [-0.2, 0) is 0 Å². The fraction of sp³-hybridized carbons (Fsp3) is 0.235. The molecule has 0 aliphatic carbocycles. The van der Waals surface area contributed by atoms with Gasteiger partial charge in [0.1, 0.15) is 0 Å². The number of carbonyl (C=O) groups is 1. The van der Waals surface area contributed by atoms with Crippen molar-refractivity contribution in [3.05, 3.63) is 73.3 Å². The zero-order chi connectivity index (χ0) is 19.6. The van der Waals surface area contributed by atoms with Crippen molar-refractivity contribution in [2.24, 2.45) is 0 Å². The molecule has 2 aromatic rings. The molecule has 1 aliphatic rings. The molecule has 1 amide bonds. The summed E-state index contributed by atoms with van der Waals surface area (Å²) in [6.45, 7) is 1.82. The van der Waals surface area contributed by atoms with Crippen molar-refractivity contribution >= 4 is 34.6 Å². The normalized spacial score (nSPS) is 14.1. The van der Waals surface area contributed by atoms with Gasteiger partial charge in [0.25, 0.3) is 17.3 Å². The third-order valence-electron chi connectivity index (χ3n) is 4.33. The minimum atomic E-state index is -0.751. The van der Waals surface area contributed by atoms with E-state index >= 15 is 0 Å². The van der Waals surface area contributed by atoms with Crippen LogP contribution in [0.15, 0.2) is 42.5 Å². The predicted octanol–water partition coefficient (Wildman–Crippen LogP) is 3.12. The highest BCUT2D eigenvalue weighted by Gasteiger charge is 2.26. The topological polar surface area (TPSA) is 110 Å². The number of hydrogen-bond donors (Lipinski definition) is 0. The van der Waals surface area contributed by atoms with Gasteiger partial charge in [-0.1, -0.05) is 23.7 Å². The van der Waals surface area contributed by atoms with E-state index in [1.807, 2.05) is 23.1 Å². The van der Waals surface area contributed by atoms with E-state index in [1.165, 1.54) is 4.90 Å². The molecule has 0 bridgehead atoms. The summed E-state index contributed by atoms with van der Waals surface area (Å²) in [5.74, 6) is -0.472. The molecule has 9 nitrogen and oxygen atoms in total. The Kier molecular flexibility index (Phi) is 5.22. The third-order valence-corrected chi connectivity index (χ3v) is 4.65. The van der Waals surface area contributed by atoms with Gasteiger partial charge in [-0.2, -0.15) is 0 Å². The molecule has 0 atom stereocenters. The summed E-state index contributed by atoms with van der Waals surface area (Å²) in [6.07, 6.45) is 0. The summed E-state index contributed by atoms with van der Waals surface area (Å²) in [4.78, 5) is 36.8. The lowest BCUT2D eigenvalue weighted by atomic mass is 10.1. The largest absolute Gasteiger partial charge is 0.367 e. The molecule has 27 heavy (non-hydrogen) atoms. The number of nitro groups is 2. The van der Waals surface area contributed by atoms with Gasteiger partial charge in [-0.3, -0.25) is 25.0 Å². The molecule has 140 valence electrons. The standard InChI is InChI=1S/C17H15ClN4O5/c18-15-3-1-2-4-16(15)19-5-7-20(8-6-19)17(23)12-9-13(21(24)25)11-14(10-12)22(26)27/h1-4,9-11H,5-8H2. The van der Waals surface area contributed by atoms with E-state index in [0.717, 1.165) is 23.9 Å². The number of rotatable bonds is 4. The average Bonchev–Trinajstić information content (AvgIpc) is 2.67. The van der Waals surface area contributed by atoms with Gasteiger partial charge in [0.15, 0.2) is 0 Å². The number of nitrogens with zero attached hydrogens (tertiary/aromatic N) is 4. The van der Waals surface area contributed by atoms with Crippen molar-refractivity contribution in [2.75, 3.05) is 31.1 Å². The molecular formula is C17H15ClN4O5. The lowest BCUT2D eigenvalue weighted by Crippen LogP contribution is -2.48. The molecule has 10 heteroatoms. The summed E-state index contributed by atoms with van der Waals surface area (Å²) < 4.78 is 0. The second-order valence-electron chi connectivity index (χ2n) is 5.98. The number of piperazine rings is 1. The lowest BCUT2D eigenvalue weighted by molar-refractivity contribution is -0.394. The molecule has 3 rings (SSSR count). The molecule has 0 aromatic heterocycles. The second-order valence-corrected chi connectivity index (χ2v) is 6.39. The van der Waals surface area contributed by atoms with Gasteiger partial charge in [-0.25, -0.2) is 0 Å². The maximum atomic E-state index is 12.7. The Morgan fingerprint density at radius 1 is 0.926 bits per heavy atom. The quantitative estimate of drug-likeness (QED) is 0.586. The lowest BCUT2D eigenvalue weighted by Gasteiger charge is -2.36. The Balaban J connectivity index is 1.77. The number of carbonyl (C=O) groups excluding carboxylic acids is 1. The fourth-order valence-corrected chi connectivity index (χ4v) is 3.23. The van der Waals surface area contributed by atoms with Crippen LogP contribution in [0.25, 0.3) is 0 Å². The second kappa shape index (κ2) is 7.58. The Labute approximate surface area is 159 Å². The van der Waals surface area contributed by atoms with Gasteiger partial charge in [0.05, 0.1) is 32.2 Å². The van der Waals surface area contributed by atoms with Gasteiger partial charge in [0.2, 0.25) is 0 Å². The Bertz CT molecular complexity index is 880. The van der Waals surface area contributed by atoms with Gasteiger partial charge < -0.3 is 9.80 Å². The molecule has 1 saturated heterocycles. The maximum absolute atomic E-state index is 12.7. The molecule has 0 spiro atoms. The number of benzene rings is 2. The van der Waals surface area contributed by atoms with Gasteiger partial charge >= 0.3 is 0 Å². The summed E-state index contributed by atoms with van der Waals surface area (Å²) in [6, 6.07) is 10.4. The van der Waals surface area contributed by atoms with Crippen LogP contribution in [0.2, 0.25) is 5.02 Å². The molecule has 1 fully saturated rings. The first kappa shape index (κ1) is 18.6. The van der Waals surface area contributed by atoms with Gasteiger partial charge in [0, 0.05) is 38.3 Å². The van der Waals surface area contributed by atoms with Crippen molar-refractivity contribution in [1.82, 2.24) is 4.90 Å². The van der Waals surface area contributed by atoms with E-state index in [1.54, 1.807) is 6.07 Å². The first-order valence-corrected chi connectivity index (χ1v) is 8.47. The molecule has 2 aromatic carbocycles. The van der Waals surface area contributed by atoms with E-state index in [0.29, 0.717) is 31.2 Å². The molecule has 0 saturated carbocycles. The zero-order valence-corrected chi connectivity index (χ0v) is 14.8. The van der Waals surface area contributed by atoms with Crippen LogP contribution in [0.4, 0.5) is 17.1 Å². The van der Waals surface area contributed by atoms with Crippen LogP contribution in [0.1, 0.15) is 10.4 Å². The van der Waals surface area contributed by atoms with Gasteiger partial charge in [-0.05, 0) is 12.1 Å². The number of non-ortho nitro benzene ring substituents is 2. The Morgan fingerprint density at radius 2 is 1.48 bits per heavy atom. The first-order valence-electron chi connectivity index (χ1n) is 8.09. The number of halogens is 1. The van der Waals surface area contributed by atoms with Crippen molar-refractivity contribution < 1.29 is 14.6 Å². The van der Waals surface area contributed by atoms with Crippen LogP contribution >= 0.6 is 11.6 Å². The summed E-state index contributed by atoms with van der Waals surface area (Å²) >= 11 is 6.20. The minimum absolute atomic E-state index is 0.0675. The third kappa shape index (κ3) is 3.98. The smallest absolute Gasteiger partial charge is 0.277 e. The Hall–Kier alpha value is -3.20. The molecule has 0 unspecified atom stereocenters. The number of hydrogen-bond acceptors (Lipinski definition) is 6. The van der Waals surface area contributed by atoms with Crippen LogP contribution in [-0.4, -0.2) is 46.8 Å². The fourth-order valence-electron chi connectivity index (χ4n) is 2.97. The molecule has 1 heterocycles. The summed E-state index contributed by atoms with van der Waals surface area (Å²) in [5.41, 5.74) is -0.163.